The summed E-state index contributed by atoms with van der Waals surface area (Å²) in [5.74, 6) is 1.57. The monoisotopic (exact) mass is 349 g/mol. The van der Waals surface area contributed by atoms with Crippen molar-refractivity contribution in [3.05, 3.63) is 52.5 Å². The summed E-state index contributed by atoms with van der Waals surface area (Å²) in [6.07, 6.45) is 0. The van der Waals surface area contributed by atoms with Gasteiger partial charge in [0.1, 0.15) is 6.61 Å². The molecule has 1 N–H and O–H groups in total. The molecule has 0 aliphatic rings. The van der Waals surface area contributed by atoms with Crippen molar-refractivity contribution in [1.29, 1.82) is 0 Å². The van der Waals surface area contributed by atoms with Crippen molar-refractivity contribution in [3.8, 4) is 11.5 Å². The highest BCUT2D eigenvalue weighted by molar-refractivity contribution is 9.10. The molecule has 0 bridgehead atoms. The van der Waals surface area contributed by atoms with E-state index >= 15 is 0 Å². The second kappa shape index (κ2) is 7.93. The number of halogens is 1. The number of hydrogen-bond acceptors (Lipinski definition) is 3. The molecule has 21 heavy (non-hydrogen) atoms. The smallest absolute Gasteiger partial charge is 0.161 e. The quantitative estimate of drug-likeness (QED) is 0.738. The first-order chi connectivity index (χ1) is 10.2. The van der Waals surface area contributed by atoms with Crippen molar-refractivity contribution in [2.24, 2.45) is 0 Å². The SMILES string of the molecule is CCOc1ccccc1OCCNc1cccc(Br)c1C. The Morgan fingerprint density at radius 3 is 2.43 bits per heavy atom. The van der Waals surface area contributed by atoms with E-state index < -0.39 is 0 Å². The molecule has 0 aliphatic heterocycles. The topological polar surface area (TPSA) is 30.5 Å². The van der Waals surface area contributed by atoms with Crippen LogP contribution in [0.3, 0.4) is 0 Å². The van der Waals surface area contributed by atoms with Gasteiger partial charge in [0.25, 0.3) is 0 Å². The van der Waals surface area contributed by atoms with E-state index in [0.29, 0.717) is 13.2 Å². The summed E-state index contributed by atoms with van der Waals surface area (Å²) < 4.78 is 12.4. The molecule has 0 saturated carbocycles. The van der Waals surface area contributed by atoms with Crippen molar-refractivity contribution in [2.75, 3.05) is 25.1 Å². The third-order valence-corrected chi connectivity index (χ3v) is 3.95. The van der Waals surface area contributed by atoms with E-state index in [9.17, 15) is 0 Å². The molecule has 0 amide bonds. The second-order valence-electron chi connectivity index (χ2n) is 4.57. The molecule has 2 aromatic rings. The zero-order valence-electron chi connectivity index (χ0n) is 12.4. The summed E-state index contributed by atoms with van der Waals surface area (Å²) in [5.41, 5.74) is 2.32. The standard InChI is InChI=1S/C17H20BrNO2/c1-3-20-16-9-4-5-10-17(16)21-12-11-19-15-8-6-7-14(18)13(15)2/h4-10,19H,3,11-12H2,1-2H3. The largest absolute Gasteiger partial charge is 0.490 e. The Labute approximate surface area is 134 Å². The Morgan fingerprint density at radius 1 is 1.00 bits per heavy atom. The van der Waals surface area contributed by atoms with Crippen LogP contribution in [-0.2, 0) is 0 Å². The van der Waals surface area contributed by atoms with Crippen molar-refractivity contribution >= 4 is 21.6 Å². The molecule has 2 rings (SSSR count). The predicted molar refractivity (Wildman–Crippen MR) is 90.5 cm³/mol. The van der Waals surface area contributed by atoms with Crippen molar-refractivity contribution in [3.63, 3.8) is 0 Å². The van der Waals surface area contributed by atoms with Gasteiger partial charge < -0.3 is 14.8 Å². The molecule has 2 aromatic carbocycles. The molecular formula is C17H20BrNO2. The van der Waals surface area contributed by atoms with Crippen LogP contribution in [0.1, 0.15) is 12.5 Å². The molecule has 0 fully saturated rings. The third kappa shape index (κ3) is 4.39. The van der Waals surface area contributed by atoms with Crippen LogP contribution in [0.4, 0.5) is 5.69 Å². The maximum Gasteiger partial charge on any atom is 0.161 e. The van der Waals surface area contributed by atoms with Crippen LogP contribution in [0.2, 0.25) is 0 Å². The van der Waals surface area contributed by atoms with E-state index in [4.69, 9.17) is 9.47 Å². The van der Waals surface area contributed by atoms with E-state index in [0.717, 1.165) is 28.2 Å². The van der Waals surface area contributed by atoms with Crippen LogP contribution in [0, 0.1) is 6.92 Å². The summed E-state index contributed by atoms with van der Waals surface area (Å²) in [4.78, 5) is 0. The first kappa shape index (κ1) is 15.7. The number of benzene rings is 2. The lowest BCUT2D eigenvalue weighted by atomic mass is 10.2. The Bertz CT molecular complexity index is 587. The van der Waals surface area contributed by atoms with Crippen molar-refractivity contribution < 1.29 is 9.47 Å². The minimum atomic E-state index is 0.579. The van der Waals surface area contributed by atoms with Gasteiger partial charge in [-0.15, -0.1) is 0 Å². The van der Waals surface area contributed by atoms with Crippen LogP contribution < -0.4 is 14.8 Å². The molecule has 0 aromatic heterocycles. The van der Waals surface area contributed by atoms with E-state index in [1.807, 2.05) is 43.3 Å². The number of rotatable bonds is 7. The van der Waals surface area contributed by atoms with E-state index in [2.05, 4.69) is 34.2 Å². The maximum atomic E-state index is 5.78. The van der Waals surface area contributed by atoms with Gasteiger partial charge in [0, 0.05) is 16.7 Å². The molecule has 0 saturated heterocycles. The summed E-state index contributed by atoms with van der Waals surface area (Å²) in [6.45, 7) is 6.00. The summed E-state index contributed by atoms with van der Waals surface area (Å²) in [5, 5.41) is 3.38. The molecule has 0 unspecified atom stereocenters. The number of para-hydroxylation sites is 2. The zero-order valence-corrected chi connectivity index (χ0v) is 13.9. The second-order valence-corrected chi connectivity index (χ2v) is 5.42. The minimum Gasteiger partial charge on any atom is -0.490 e. The Morgan fingerprint density at radius 2 is 1.71 bits per heavy atom. The fraction of sp³-hybridized carbons (Fsp3) is 0.294. The highest BCUT2D eigenvalue weighted by Gasteiger charge is 2.04. The van der Waals surface area contributed by atoms with Crippen molar-refractivity contribution in [1.82, 2.24) is 0 Å². The Balaban J connectivity index is 1.86. The van der Waals surface area contributed by atoms with Gasteiger partial charge in [-0.1, -0.05) is 34.1 Å². The number of nitrogens with one attached hydrogen (secondary N) is 1. The van der Waals surface area contributed by atoms with Crippen LogP contribution in [-0.4, -0.2) is 19.8 Å². The van der Waals surface area contributed by atoms with Crippen LogP contribution in [0.15, 0.2) is 46.9 Å². The Kier molecular flexibility index (Phi) is 5.93. The molecule has 0 aliphatic carbocycles. The van der Waals surface area contributed by atoms with Gasteiger partial charge >= 0.3 is 0 Å². The highest BCUT2D eigenvalue weighted by Crippen LogP contribution is 2.26. The van der Waals surface area contributed by atoms with E-state index in [1.54, 1.807) is 0 Å². The molecule has 0 heterocycles. The normalized spacial score (nSPS) is 10.2. The van der Waals surface area contributed by atoms with Gasteiger partial charge in [0.2, 0.25) is 0 Å². The van der Waals surface area contributed by atoms with Crippen LogP contribution in [0.5, 0.6) is 11.5 Å². The first-order valence-electron chi connectivity index (χ1n) is 7.06. The lowest BCUT2D eigenvalue weighted by molar-refractivity contribution is 0.284. The Hall–Kier alpha value is -1.68. The predicted octanol–water partition coefficient (Wildman–Crippen LogP) is 4.65. The van der Waals surface area contributed by atoms with Gasteiger partial charge in [-0.25, -0.2) is 0 Å². The number of hydrogen-bond donors (Lipinski definition) is 1. The van der Waals surface area contributed by atoms with Gasteiger partial charge in [-0.3, -0.25) is 0 Å². The first-order valence-corrected chi connectivity index (χ1v) is 7.85. The van der Waals surface area contributed by atoms with Gasteiger partial charge in [-0.05, 0) is 43.7 Å². The molecular weight excluding hydrogens is 330 g/mol. The molecule has 4 heteroatoms. The minimum absolute atomic E-state index is 0.579. The van der Waals surface area contributed by atoms with Gasteiger partial charge in [-0.2, -0.15) is 0 Å². The van der Waals surface area contributed by atoms with E-state index in [-0.39, 0.29) is 0 Å². The van der Waals surface area contributed by atoms with Crippen LogP contribution in [0.25, 0.3) is 0 Å². The average molecular weight is 350 g/mol. The fourth-order valence-corrected chi connectivity index (χ4v) is 2.36. The maximum absolute atomic E-state index is 5.78. The summed E-state index contributed by atoms with van der Waals surface area (Å²) in [7, 11) is 0. The summed E-state index contributed by atoms with van der Waals surface area (Å²) in [6, 6.07) is 13.9. The fourth-order valence-electron chi connectivity index (χ4n) is 1.99. The highest BCUT2D eigenvalue weighted by atomic mass is 79.9. The van der Waals surface area contributed by atoms with Gasteiger partial charge in [0.05, 0.1) is 6.61 Å². The summed E-state index contributed by atoms with van der Waals surface area (Å²) >= 11 is 3.53. The molecule has 0 radical (unpaired) electrons. The molecule has 0 spiro atoms. The third-order valence-electron chi connectivity index (χ3n) is 3.09. The molecule has 0 atom stereocenters. The zero-order chi connectivity index (χ0) is 15.1. The molecule has 3 nitrogen and oxygen atoms in total. The van der Waals surface area contributed by atoms with E-state index in [1.165, 1.54) is 5.56 Å². The lowest BCUT2D eigenvalue weighted by Crippen LogP contribution is -2.12. The average Bonchev–Trinajstić information content (AvgIpc) is 2.49. The van der Waals surface area contributed by atoms with Gasteiger partial charge in [0.15, 0.2) is 11.5 Å². The lowest BCUT2D eigenvalue weighted by Gasteiger charge is -2.13. The van der Waals surface area contributed by atoms with Crippen molar-refractivity contribution in [2.45, 2.75) is 13.8 Å². The van der Waals surface area contributed by atoms with Crippen LogP contribution >= 0.6 is 15.9 Å². The number of ether oxygens (including phenoxy) is 2. The molecule has 112 valence electrons. The number of anilines is 1.